The van der Waals surface area contributed by atoms with Crippen molar-refractivity contribution in [3.05, 3.63) is 41.4 Å². The molecule has 0 aliphatic heterocycles. The van der Waals surface area contributed by atoms with Crippen LogP contribution in [0.2, 0.25) is 0 Å². The topological polar surface area (TPSA) is 59.6 Å². The van der Waals surface area contributed by atoms with Gasteiger partial charge in [-0.1, -0.05) is 22.0 Å². The van der Waals surface area contributed by atoms with E-state index in [1.807, 2.05) is 24.3 Å². The average Bonchev–Trinajstić information content (AvgIpc) is 2.34. The average molecular weight is 298 g/mol. The molecule has 0 heterocycles. The molecule has 0 atom stereocenters. The molecule has 0 spiro atoms. The second-order valence-corrected chi connectivity index (χ2v) is 4.15. The number of ether oxygens (including phenoxy) is 1. The highest BCUT2D eigenvalue weighted by molar-refractivity contribution is 9.10. The SMILES string of the molecule is C=CCNC(N)=NCCOc1ccc(Br)cc1. The Hall–Kier alpha value is -1.49. The lowest BCUT2D eigenvalue weighted by molar-refractivity contribution is 0.328. The molecule has 0 unspecified atom stereocenters. The summed E-state index contributed by atoms with van der Waals surface area (Å²) in [6, 6.07) is 7.65. The van der Waals surface area contributed by atoms with Crippen molar-refractivity contribution in [2.24, 2.45) is 10.7 Å². The van der Waals surface area contributed by atoms with Crippen LogP contribution in [0.4, 0.5) is 0 Å². The Morgan fingerprint density at radius 3 is 2.82 bits per heavy atom. The van der Waals surface area contributed by atoms with E-state index in [9.17, 15) is 0 Å². The molecule has 0 aliphatic carbocycles. The normalized spacial score (nSPS) is 11.0. The van der Waals surface area contributed by atoms with Gasteiger partial charge in [-0.3, -0.25) is 0 Å². The minimum absolute atomic E-state index is 0.407. The molecule has 92 valence electrons. The van der Waals surface area contributed by atoms with Gasteiger partial charge in [-0.25, -0.2) is 4.99 Å². The Balaban J connectivity index is 2.23. The minimum atomic E-state index is 0.407. The molecule has 0 amide bonds. The van der Waals surface area contributed by atoms with Crippen LogP contribution >= 0.6 is 15.9 Å². The Labute approximate surface area is 110 Å². The van der Waals surface area contributed by atoms with Gasteiger partial charge in [-0.15, -0.1) is 6.58 Å². The predicted molar refractivity (Wildman–Crippen MR) is 74.3 cm³/mol. The van der Waals surface area contributed by atoms with Gasteiger partial charge in [-0.05, 0) is 24.3 Å². The summed E-state index contributed by atoms with van der Waals surface area (Å²) in [5.74, 6) is 1.23. The van der Waals surface area contributed by atoms with Crippen LogP contribution in [0.15, 0.2) is 46.4 Å². The molecule has 4 nitrogen and oxygen atoms in total. The minimum Gasteiger partial charge on any atom is -0.492 e. The maximum Gasteiger partial charge on any atom is 0.188 e. The Morgan fingerprint density at radius 1 is 1.47 bits per heavy atom. The third kappa shape index (κ3) is 5.97. The highest BCUT2D eigenvalue weighted by atomic mass is 79.9. The summed E-state index contributed by atoms with van der Waals surface area (Å²) in [6.07, 6.45) is 1.72. The molecular formula is C12H16BrN3O. The van der Waals surface area contributed by atoms with E-state index in [4.69, 9.17) is 10.5 Å². The molecule has 0 saturated heterocycles. The van der Waals surface area contributed by atoms with Crippen LogP contribution in [0, 0.1) is 0 Å². The van der Waals surface area contributed by atoms with Crippen LogP contribution in [-0.4, -0.2) is 25.7 Å². The second-order valence-electron chi connectivity index (χ2n) is 3.24. The fraction of sp³-hybridized carbons (Fsp3) is 0.250. The van der Waals surface area contributed by atoms with Crippen LogP contribution in [0.25, 0.3) is 0 Å². The first-order valence-corrected chi connectivity index (χ1v) is 6.04. The molecule has 1 rings (SSSR count). The van der Waals surface area contributed by atoms with Crippen molar-refractivity contribution in [2.75, 3.05) is 19.7 Å². The first kappa shape index (κ1) is 13.6. The van der Waals surface area contributed by atoms with Crippen molar-refractivity contribution >= 4 is 21.9 Å². The highest BCUT2D eigenvalue weighted by Gasteiger charge is 1.93. The number of hydrogen-bond acceptors (Lipinski definition) is 2. The van der Waals surface area contributed by atoms with Crippen LogP contribution in [-0.2, 0) is 0 Å². The number of halogens is 1. The quantitative estimate of drug-likeness (QED) is 0.365. The molecule has 5 heteroatoms. The number of benzene rings is 1. The molecule has 3 N–H and O–H groups in total. The second kappa shape index (κ2) is 7.73. The van der Waals surface area contributed by atoms with E-state index in [2.05, 4.69) is 32.8 Å². The third-order valence-corrected chi connectivity index (χ3v) is 2.41. The van der Waals surface area contributed by atoms with Gasteiger partial charge in [0.1, 0.15) is 12.4 Å². The molecule has 0 fully saturated rings. The van der Waals surface area contributed by atoms with Crippen LogP contribution < -0.4 is 15.8 Å². The summed E-state index contributed by atoms with van der Waals surface area (Å²) >= 11 is 3.36. The summed E-state index contributed by atoms with van der Waals surface area (Å²) < 4.78 is 6.51. The molecule has 0 radical (unpaired) electrons. The fourth-order valence-corrected chi connectivity index (χ4v) is 1.36. The number of aliphatic imine (C=N–C) groups is 1. The van der Waals surface area contributed by atoms with Gasteiger partial charge in [0.15, 0.2) is 5.96 Å². The first-order valence-electron chi connectivity index (χ1n) is 5.25. The van der Waals surface area contributed by atoms with E-state index in [0.29, 0.717) is 25.7 Å². The summed E-state index contributed by atoms with van der Waals surface area (Å²) in [4.78, 5) is 4.10. The zero-order valence-corrected chi connectivity index (χ0v) is 11.1. The van der Waals surface area contributed by atoms with Crippen molar-refractivity contribution in [3.63, 3.8) is 0 Å². The van der Waals surface area contributed by atoms with Gasteiger partial charge in [0.05, 0.1) is 6.54 Å². The maximum atomic E-state index is 5.59. The third-order valence-electron chi connectivity index (χ3n) is 1.88. The van der Waals surface area contributed by atoms with E-state index in [0.717, 1.165) is 10.2 Å². The zero-order chi connectivity index (χ0) is 12.5. The van der Waals surface area contributed by atoms with Gasteiger partial charge in [0, 0.05) is 11.0 Å². The highest BCUT2D eigenvalue weighted by Crippen LogP contribution is 2.15. The Morgan fingerprint density at radius 2 is 2.18 bits per heavy atom. The van der Waals surface area contributed by atoms with E-state index in [-0.39, 0.29) is 0 Å². The van der Waals surface area contributed by atoms with E-state index in [1.165, 1.54) is 0 Å². The zero-order valence-electron chi connectivity index (χ0n) is 9.53. The van der Waals surface area contributed by atoms with E-state index >= 15 is 0 Å². The monoisotopic (exact) mass is 297 g/mol. The number of nitrogens with one attached hydrogen (secondary N) is 1. The Kier molecular flexibility index (Phi) is 6.17. The molecular weight excluding hydrogens is 282 g/mol. The summed E-state index contributed by atoms with van der Waals surface area (Å²) in [5.41, 5.74) is 5.59. The van der Waals surface area contributed by atoms with Gasteiger partial charge >= 0.3 is 0 Å². The van der Waals surface area contributed by atoms with E-state index in [1.54, 1.807) is 6.08 Å². The smallest absolute Gasteiger partial charge is 0.188 e. The number of rotatable bonds is 6. The van der Waals surface area contributed by atoms with Crippen LogP contribution in [0.3, 0.4) is 0 Å². The first-order chi connectivity index (χ1) is 8.22. The lowest BCUT2D eigenvalue weighted by Gasteiger charge is -2.05. The van der Waals surface area contributed by atoms with Crippen LogP contribution in [0.1, 0.15) is 0 Å². The van der Waals surface area contributed by atoms with Crippen molar-refractivity contribution in [2.45, 2.75) is 0 Å². The number of guanidine groups is 1. The Bertz CT molecular complexity index is 376. The molecule has 1 aromatic carbocycles. The molecule has 17 heavy (non-hydrogen) atoms. The predicted octanol–water partition coefficient (Wildman–Crippen LogP) is 1.92. The number of nitrogens with zero attached hydrogens (tertiary/aromatic N) is 1. The van der Waals surface area contributed by atoms with Gasteiger partial charge in [0.25, 0.3) is 0 Å². The largest absolute Gasteiger partial charge is 0.492 e. The molecule has 1 aromatic rings. The van der Waals surface area contributed by atoms with E-state index < -0.39 is 0 Å². The fourth-order valence-electron chi connectivity index (χ4n) is 1.09. The summed E-state index contributed by atoms with van der Waals surface area (Å²) in [6.45, 7) is 5.21. The molecule has 0 aromatic heterocycles. The van der Waals surface area contributed by atoms with Gasteiger partial charge in [-0.2, -0.15) is 0 Å². The van der Waals surface area contributed by atoms with Crippen molar-refractivity contribution < 1.29 is 4.74 Å². The summed E-state index contributed by atoms with van der Waals surface area (Å²) in [5, 5.41) is 2.89. The summed E-state index contributed by atoms with van der Waals surface area (Å²) in [7, 11) is 0. The van der Waals surface area contributed by atoms with Crippen LogP contribution in [0.5, 0.6) is 5.75 Å². The van der Waals surface area contributed by atoms with Gasteiger partial charge in [0.2, 0.25) is 0 Å². The molecule has 0 bridgehead atoms. The lowest BCUT2D eigenvalue weighted by Crippen LogP contribution is -2.32. The van der Waals surface area contributed by atoms with Gasteiger partial charge < -0.3 is 15.8 Å². The van der Waals surface area contributed by atoms with Crippen molar-refractivity contribution in [1.29, 1.82) is 0 Å². The standard InChI is InChI=1S/C12H16BrN3O/c1-2-7-15-12(14)16-8-9-17-11-5-3-10(13)4-6-11/h2-6H,1,7-9H2,(H3,14,15,16). The van der Waals surface area contributed by atoms with Crippen molar-refractivity contribution in [3.8, 4) is 5.75 Å². The maximum absolute atomic E-state index is 5.59. The number of nitrogens with two attached hydrogens (primary N) is 1. The number of hydrogen-bond donors (Lipinski definition) is 2. The molecule has 0 saturated carbocycles. The van der Waals surface area contributed by atoms with Crippen molar-refractivity contribution in [1.82, 2.24) is 5.32 Å². The molecule has 0 aliphatic rings. The lowest BCUT2D eigenvalue weighted by atomic mass is 10.3.